The number of anilines is 1. The Morgan fingerprint density at radius 1 is 1.17 bits per heavy atom. The summed E-state index contributed by atoms with van der Waals surface area (Å²) < 4.78 is 7.57. The number of carbonyl (C=O) groups is 2. The van der Waals surface area contributed by atoms with Gasteiger partial charge in [0.2, 0.25) is 0 Å². The molecule has 1 aliphatic heterocycles. The molecule has 0 bridgehead atoms. The first-order valence-electron chi connectivity index (χ1n) is 13.0. The molecule has 0 spiro atoms. The van der Waals surface area contributed by atoms with Crippen molar-refractivity contribution in [3.63, 3.8) is 0 Å². The number of H-pyrrole nitrogens is 1. The van der Waals surface area contributed by atoms with Gasteiger partial charge in [-0.05, 0) is 50.7 Å². The van der Waals surface area contributed by atoms with Crippen LogP contribution in [-0.2, 0) is 16.0 Å². The number of imidazole rings is 1. The number of nitrogens with one attached hydrogen (secondary N) is 2. The highest BCUT2D eigenvalue weighted by Gasteiger charge is 2.33. The average Bonchev–Trinajstić information content (AvgIpc) is 3.51. The lowest BCUT2D eigenvalue weighted by Gasteiger charge is -2.35. The van der Waals surface area contributed by atoms with Crippen LogP contribution in [0.25, 0.3) is 5.65 Å². The van der Waals surface area contributed by atoms with E-state index in [1.807, 2.05) is 24.0 Å². The highest BCUT2D eigenvalue weighted by atomic mass is 35.5. The Labute approximate surface area is 215 Å². The second kappa shape index (κ2) is 11.0. The fraction of sp³-hybridized carbons (Fsp3) is 0.538. The summed E-state index contributed by atoms with van der Waals surface area (Å²) in [4.78, 5) is 32.8. The standard InChI is InChI=1S/C26H33ClN6O3/c1-2-19-25(33-15-17(27)11-12-23(33)28-19)26(35)32-13-7-6-10-21(32)20-14-22(31-30-20)29-24(34)16-36-18-8-4-3-5-9-18/h11-12,14-15,18,21H,2-10,13,16H2,1H3,(H2,29,30,31,34). The van der Waals surface area contributed by atoms with Crippen molar-refractivity contribution in [1.29, 1.82) is 0 Å². The molecule has 3 aromatic rings. The third-order valence-corrected chi connectivity index (χ3v) is 7.41. The number of fused-ring (bicyclic) bond motifs is 1. The minimum Gasteiger partial charge on any atom is -0.368 e. The molecule has 192 valence electrons. The van der Waals surface area contributed by atoms with E-state index in [9.17, 15) is 9.59 Å². The lowest BCUT2D eigenvalue weighted by atomic mass is 9.98. The van der Waals surface area contributed by atoms with Crippen molar-refractivity contribution in [3.8, 4) is 0 Å². The fourth-order valence-electron chi connectivity index (χ4n) is 5.35. The quantitative estimate of drug-likeness (QED) is 0.467. The zero-order valence-corrected chi connectivity index (χ0v) is 21.4. The number of piperidine rings is 1. The Kier molecular flexibility index (Phi) is 7.57. The molecular formula is C26H33ClN6O3. The van der Waals surface area contributed by atoms with Gasteiger partial charge < -0.3 is 15.0 Å². The predicted octanol–water partition coefficient (Wildman–Crippen LogP) is 4.93. The van der Waals surface area contributed by atoms with Crippen LogP contribution in [0.4, 0.5) is 5.82 Å². The maximum Gasteiger partial charge on any atom is 0.273 e. The Hall–Kier alpha value is -2.91. The molecular weight excluding hydrogens is 480 g/mol. The number of pyridine rings is 1. The number of halogens is 1. The van der Waals surface area contributed by atoms with Gasteiger partial charge in [0.15, 0.2) is 5.82 Å². The number of ether oxygens (including phenoxy) is 1. The van der Waals surface area contributed by atoms with E-state index in [0.717, 1.165) is 56.3 Å². The van der Waals surface area contributed by atoms with Gasteiger partial charge >= 0.3 is 0 Å². The molecule has 2 fully saturated rings. The van der Waals surface area contributed by atoms with Crippen LogP contribution in [0.1, 0.15) is 86.2 Å². The second-order valence-electron chi connectivity index (χ2n) is 9.67. The number of hydrogen-bond acceptors (Lipinski definition) is 5. The lowest BCUT2D eigenvalue weighted by Crippen LogP contribution is -2.39. The van der Waals surface area contributed by atoms with Crippen LogP contribution in [0.5, 0.6) is 0 Å². The van der Waals surface area contributed by atoms with Gasteiger partial charge in [-0.1, -0.05) is 37.8 Å². The molecule has 1 atom stereocenters. The van der Waals surface area contributed by atoms with Crippen molar-refractivity contribution in [2.45, 2.75) is 76.9 Å². The number of aromatic amines is 1. The number of nitrogens with zero attached hydrogens (tertiary/aromatic N) is 4. The minimum absolute atomic E-state index is 0.0253. The lowest BCUT2D eigenvalue weighted by molar-refractivity contribution is -0.123. The Morgan fingerprint density at radius 2 is 1.97 bits per heavy atom. The summed E-state index contributed by atoms with van der Waals surface area (Å²) in [6.45, 7) is 2.66. The first-order valence-corrected chi connectivity index (χ1v) is 13.4. The number of hydrogen-bond donors (Lipinski definition) is 2. The number of amides is 2. The monoisotopic (exact) mass is 512 g/mol. The van der Waals surface area contributed by atoms with E-state index in [2.05, 4.69) is 20.5 Å². The first kappa shape index (κ1) is 24.8. The molecule has 1 saturated carbocycles. The Morgan fingerprint density at radius 3 is 2.78 bits per heavy atom. The highest BCUT2D eigenvalue weighted by molar-refractivity contribution is 6.30. The van der Waals surface area contributed by atoms with Crippen molar-refractivity contribution in [2.75, 3.05) is 18.5 Å². The summed E-state index contributed by atoms with van der Waals surface area (Å²) in [5.74, 6) is 0.147. The summed E-state index contributed by atoms with van der Waals surface area (Å²) >= 11 is 6.24. The largest absolute Gasteiger partial charge is 0.368 e. The molecule has 10 heteroatoms. The normalized spacial score (nSPS) is 19.1. The van der Waals surface area contributed by atoms with E-state index in [-0.39, 0.29) is 30.6 Å². The molecule has 4 heterocycles. The molecule has 1 unspecified atom stereocenters. The molecule has 1 saturated heterocycles. The molecule has 0 aromatic carbocycles. The first-order chi connectivity index (χ1) is 17.5. The fourth-order valence-corrected chi connectivity index (χ4v) is 5.51. The highest BCUT2D eigenvalue weighted by Crippen LogP contribution is 2.33. The molecule has 5 rings (SSSR count). The van der Waals surface area contributed by atoms with Crippen molar-refractivity contribution in [3.05, 3.63) is 46.5 Å². The van der Waals surface area contributed by atoms with Crippen molar-refractivity contribution in [1.82, 2.24) is 24.5 Å². The number of carbonyl (C=O) groups excluding carboxylic acids is 2. The van der Waals surface area contributed by atoms with E-state index in [1.165, 1.54) is 6.42 Å². The van der Waals surface area contributed by atoms with Crippen molar-refractivity contribution >= 4 is 34.9 Å². The topological polar surface area (TPSA) is 105 Å². The zero-order valence-electron chi connectivity index (χ0n) is 20.6. The molecule has 9 nitrogen and oxygen atoms in total. The smallest absolute Gasteiger partial charge is 0.273 e. The van der Waals surface area contributed by atoms with Crippen LogP contribution in [0.2, 0.25) is 5.02 Å². The van der Waals surface area contributed by atoms with Gasteiger partial charge in [-0.25, -0.2) is 4.98 Å². The average molecular weight is 513 g/mol. The van der Waals surface area contributed by atoms with Crippen LogP contribution in [0.3, 0.4) is 0 Å². The Balaban J connectivity index is 1.31. The maximum absolute atomic E-state index is 13.9. The van der Waals surface area contributed by atoms with Crippen molar-refractivity contribution < 1.29 is 14.3 Å². The van der Waals surface area contributed by atoms with E-state index < -0.39 is 0 Å². The SMILES string of the molecule is CCc1nc2ccc(Cl)cn2c1C(=O)N1CCCCC1c1cc(NC(=O)COC2CCCCC2)n[nH]1. The van der Waals surface area contributed by atoms with E-state index in [1.54, 1.807) is 16.7 Å². The van der Waals surface area contributed by atoms with Crippen LogP contribution in [0, 0.1) is 0 Å². The van der Waals surface area contributed by atoms with Crippen molar-refractivity contribution in [2.24, 2.45) is 0 Å². The molecule has 2 aliphatic rings. The third kappa shape index (κ3) is 5.27. The summed E-state index contributed by atoms with van der Waals surface area (Å²) in [7, 11) is 0. The maximum atomic E-state index is 13.9. The zero-order chi connectivity index (χ0) is 25.1. The predicted molar refractivity (Wildman–Crippen MR) is 137 cm³/mol. The van der Waals surface area contributed by atoms with Gasteiger partial charge in [-0.3, -0.25) is 19.1 Å². The van der Waals surface area contributed by atoms with E-state index >= 15 is 0 Å². The third-order valence-electron chi connectivity index (χ3n) is 7.18. The van der Waals surface area contributed by atoms with Crippen LogP contribution in [0.15, 0.2) is 24.4 Å². The van der Waals surface area contributed by atoms with Gasteiger partial charge in [0.1, 0.15) is 17.9 Å². The molecule has 0 radical (unpaired) electrons. The molecule has 1 aliphatic carbocycles. The van der Waals surface area contributed by atoms with Gasteiger partial charge in [0, 0.05) is 18.8 Å². The number of aromatic nitrogens is 4. The molecule has 3 aromatic heterocycles. The van der Waals surface area contributed by atoms with Gasteiger partial charge in [-0.2, -0.15) is 5.10 Å². The van der Waals surface area contributed by atoms with Gasteiger partial charge in [0.05, 0.1) is 28.6 Å². The van der Waals surface area contributed by atoms with Gasteiger partial charge in [-0.15, -0.1) is 0 Å². The van der Waals surface area contributed by atoms with E-state index in [4.69, 9.17) is 16.3 Å². The molecule has 2 amide bonds. The Bertz CT molecular complexity index is 1230. The summed E-state index contributed by atoms with van der Waals surface area (Å²) in [6, 6.07) is 5.26. The van der Waals surface area contributed by atoms with Crippen LogP contribution < -0.4 is 5.32 Å². The number of likely N-dealkylation sites (tertiary alicyclic amines) is 1. The molecule has 36 heavy (non-hydrogen) atoms. The summed E-state index contributed by atoms with van der Waals surface area (Å²) in [5.41, 5.74) is 2.81. The molecule has 2 N–H and O–H groups in total. The second-order valence-corrected chi connectivity index (χ2v) is 10.1. The number of rotatable bonds is 7. The van der Waals surface area contributed by atoms with Crippen LogP contribution in [-0.4, -0.2) is 55.6 Å². The summed E-state index contributed by atoms with van der Waals surface area (Å²) in [5, 5.41) is 10.7. The van der Waals surface area contributed by atoms with Crippen LogP contribution >= 0.6 is 11.6 Å². The van der Waals surface area contributed by atoms with E-state index in [0.29, 0.717) is 35.1 Å². The van der Waals surface area contributed by atoms with Gasteiger partial charge in [0.25, 0.3) is 11.8 Å². The minimum atomic E-state index is -0.217. The summed E-state index contributed by atoms with van der Waals surface area (Å²) in [6.07, 6.45) is 10.9. The number of aryl methyl sites for hydroxylation is 1.